The van der Waals surface area contributed by atoms with E-state index in [-0.39, 0.29) is 5.78 Å². The van der Waals surface area contributed by atoms with Crippen LogP contribution in [0.4, 0.5) is 0 Å². The molecule has 2 aromatic carbocycles. The second kappa shape index (κ2) is 6.28. The highest BCUT2D eigenvalue weighted by molar-refractivity contribution is 6.33. The van der Waals surface area contributed by atoms with Gasteiger partial charge >= 0.3 is 6.21 Å². The van der Waals surface area contributed by atoms with Crippen LogP contribution in [-0.4, -0.2) is 16.8 Å². The number of carbonyl (C=O) groups is 1. The molecule has 0 N–H and O–H groups in total. The maximum atomic E-state index is 11.4. The predicted molar refractivity (Wildman–Crippen MR) is 71.2 cm³/mol. The van der Waals surface area contributed by atoms with Crippen molar-refractivity contribution in [2.75, 3.05) is 0 Å². The van der Waals surface area contributed by atoms with Crippen LogP contribution in [0.25, 0.3) is 5.53 Å². The van der Waals surface area contributed by atoms with E-state index in [1.807, 2.05) is 30.3 Å². The van der Waals surface area contributed by atoms with Crippen molar-refractivity contribution in [2.45, 2.75) is 6.61 Å². The molecule has 0 aliphatic carbocycles. The number of carbonyl (C=O) groups excluding carboxylic acids is 1. The maximum Gasteiger partial charge on any atom is 0.328 e. The fourth-order valence-corrected chi connectivity index (χ4v) is 1.58. The first-order valence-electron chi connectivity index (χ1n) is 5.78. The third kappa shape index (κ3) is 3.63. The van der Waals surface area contributed by atoms with Gasteiger partial charge < -0.3 is 10.3 Å². The molecule has 0 saturated heterocycles. The Morgan fingerprint density at radius 3 is 2.42 bits per heavy atom. The van der Waals surface area contributed by atoms with Gasteiger partial charge in [0.05, 0.1) is 0 Å². The van der Waals surface area contributed by atoms with Crippen LogP contribution in [0, 0.1) is 0 Å². The summed E-state index contributed by atoms with van der Waals surface area (Å²) in [5, 5.41) is 0. The standard InChI is InChI=1S/C15H12N2O2/c16-17-10-15(18)13-6-8-14(9-7-13)19-11-12-4-2-1-3-5-12/h1-10H,11H2. The van der Waals surface area contributed by atoms with Crippen LogP contribution >= 0.6 is 0 Å². The van der Waals surface area contributed by atoms with E-state index in [0.717, 1.165) is 11.8 Å². The van der Waals surface area contributed by atoms with E-state index < -0.39 is 0 Å². The van der Waals surface area contributed by atoms with Crippen molar-refractivity contribution in [1.29, 1.82) is 0 Å². The molecule has 94 valence electrons. The third-order valence-corrected chi connectivity index (χ3v) is 2.56. The lowest BCUT2D eigenvalue weighted by Gasteiger charge is -2.06. The van der Waals surface area contributed by atoms with E-state index in [2.05, 4.69) is 4.79 Å². The molecule has 0 radical (unpaired) electrons. The van der Waals surface area contributed by atoms with E-state index in [1.54, 1.807) is 24.3 Å². The van der Waals surface area contributed by atoms with Gasteiger partial charge in [-0.15, -0.1) is 0 Å². The van der Waals surface area contributed by atoms with E-state index in [9.17, 15) is 4.79 Å². The second-order valence-corrected chi connectivity index (χ2v) is 3.91. The number of hydrogen-bond acceptors (Lipinski definition) is 2. The minimum atomic E-state index is -0.350. The largest absolute Gasteiger partial charge is 0.489 e. The summed E-state index contributed by atoms with van der Waals surface area (Å²) in [5.41, 5.74) is 9.81. The smallest absolute Gasteiger partial charge is 0.328 e. The highest BCUT2D eigenvalue weighted by Gasteiger charge is 2.06. The van der Waals surface area contributed by atoms with Gasteiger partial charge in [0.25, 0.3) is 5.78 Å². The first kappa shape index (κ1) is 12.7. The van der Waals surface area contributed by atoms with Gasteiger partial charge in [-0.3, -0.25) is 4.79 Å². The van der Waals surface area contributed by atoms with E-state index in [0.29, 0.717) is 17.9 Å². The van der Waals surface area contributed by atoms with E-state index in [4.69, 9.17) is 10.3 Å². The molecule has 4 nitrogen and oxygen atoms in total. The van der Waals surface area contributed by atoms with Crippen molar-refractivity contribution in [2.24, 2.45) is 0 Å². The number of nitrogens with zero attached hydrogens (tertiary/aromatic N) is 2. The number of hydrogen-bond donors (Lipinski definition) is 0. The zero-order chi connectivity index (χ0) is 13.5. The summed E-state index contributed by atoms with van der Waals surface area (Å²) in [6.07, 6.45) is 0.861. The molecule has 0 amide bonds. The summed E-state index contributed by atoms with van der Waals surface area (Å²) in [4.78, 5) is 14.1. The van der Waals surface area contributed by atoms with Crippen molar-refractivity contribution in [3.05, 3.63) is 71.3 Å². The normalized spacial score (nSPS) is 9.47. The van der Waals surface area contributed by atoms with E-state index >= 15 is 0 Å². The molecule has 0 bridgehead atoms. The van der Waals surface area contributed by atoms with Gasteiger partial charge in [0.1, 0.15) is 12.4 Å². The monoisotopic (exact) mass is 252 g/mol. The van der Waals surface area contributed by atoms with Crippen molar-refractivity contribution in [1.82, 2.24) is 0 Å². The minimum Gasteiger partial charge on any atom is -0.489 e. The van der Waals surface area contributed by atoms with Crippen molar-refractivity contribution in [3.8, 4) is 5.75 Å². The van der Waals surface area contributed by atoms with Crippen molar-refractivity contribution in [3.63, 3.8) is 0 Å². The second-order valence-electron chi connectivity index (χ2n) is 3.91. The van der Waals surface area contributed by atoms with Crippen LogP contribution in [0.15, 0.2) is 54.6 Å². The molecule has 0 saturated carbocycles. The number of benzene rings is 2. The van der Waals surface area contributed by atoms with Gasteiger partial charge in [-0.1, -0.05) is 30.3 Å². The molecule has 0 atom stereocenters. The van der Waals surface area contributed by atoms with Crippen LogP contribution in [0.5, 0.6) is 5.75 Å². The summed E-state index contributed by atoms with van der Waals surface area (Å²) < 4.78 is 5.59. The Labute approximate surface area is 110 Å². The first-order chi connectivity index (χ1) is 9.29. The molecule has 2 rings (SSSR count). The van der Waals surface area contributed by atoms with Crippen LogP contribution in [-0.2, 0) is 6.61 Å². The average molecular weight is 252 g/mol. The summed E-state index contributed by atoms with van der Waals surface area (Å²) in [5.74, 6) is 0.332. The molecule has 4 heteroatoms. The first-order valence-corrected chi connectivity index (χ1v) is 5.78. The summed E-state index contributed by atoms with van der Waals surface area (Å²) >= 11 is 0. The zero-order valence-electron chi connectivity index (χ0n) is 10.2. The van der Waals surface area contributed by atoms with E-state index in [1.165, 1.54) is 0 Å². The Balaban J connectivity index is 1.99. The fourth-order valence-electron chi connectivity index (χ4n) is 1.58. The SMILES string of the molecule is [N-]=[N+]=CC(=O)c1ccc(OCc2ccccc2)cc1. The molecule has 0 heterocycles. The van der Waals surface area contributed by atoms with Gasteiger partial charge in [0.2, 0.25) is 0 Å². The predicted octanol–water partition coefficient (Wildman–Crippen LogP) is 2.75. The Morgan fingerprint density at radius 1 is 1.11 bits per heavy atom. The molecule has 0 aromatic heterocycles. The molecule has 0 spiro atoms. The molecule has 0 unspecified atom stereocenters. The van der Waals surface area contributed by atoms with Gasteiger partial charge in [0, 0.05) is 5.56 Å². The van der Waals surface area contributed by atoms with Gasteiger partial charge in [-0.05, 0) is 29.8 Å². The highest BCUT2D eigenvalue weighted by Crippen LogP contribution is 2.14. The van der Waals surface area contributed by atoms with Crippen molar-refractivity contribution >= 4 is 12.0 Å². The van der Waals surface area contributed by atoms with Crippen LogP contribution in [0.3, 0.4) is 0 Å². The number of ether oxygens (including phenoxy) is 1. The lowest BCUT2D eigenvalue weighted by molar-refractivity contribution is 0.00234. The number of rotatable bonds is 5. The van der Waals surface area contributed by atoms with Gasteiger partial charge in [-0.2, -0.15) is 4.79 Å². The van der Waals surface area contributed by atoms with Gasteiger partial charge in [-0.25, -0.2) is 0 Å². The molecule has 0 aliphatic rings. The summed E-state index contributed by atoms with van der Waals surface area (Å²) in [7, 11) is 0. The fraction of sp³-hybridized carbons (Fsp3) is 0.0667. The van der Waals surface area contributed by atoms with Crippen LogP contribution in [0.1, 0.15) is 15.9 Å². The Kier molecular flexibility index (Phi) is 4.21. The molecule has 19 heavy (non-hydrogen) atoms. The Hall–Kier alpha value is -2.71. The molecule has 0 fully saturated rings. The molecular weight excluding hydrogens is 240 g/mol. The minimum absolute atomic E-state index is 0.350. The maximum absolute atomic E-state index is 11.4. The molecule has 0 aliphatic heterocycles. The van der Waals surface area contributed by atoms with Crippen LogP contribution in [0.2, 0.25) is 0 Å². The number of Topliss-reactive ketones (excluding diaryl/α,β-unsaturated/α-hetero) is 1. The quantitative estimate of drug-likeness (QED) is 0.355. The Morgan fingerprint density at radius 2 is 1.79 bits per heavy atom. The van der Waals surface area contributed by atoms with Crippen LogP contribution < -0.4 is 4.74 Å². The topological polar surface area (TPSA) is 62.7 Å². The average Bonchev–Trinajstić information content (AvgIpc) is 2.47. The lowest BCUT2D eigenvalue weighted by Crippen LogP contribution is -2.01. The van der Waals surface area contributed by atoms with Gasteiger partial charge in [0.15, 0.2) is 0 Å². The Bertz CT molecular complexity index is 600. The molecular formula is C15H12N2O2. The third-order valence-electron chi connectivity index (χ3n) is 2.56. The van der Waals surface area contributed by atoms with Crippen molar-refractivity contribution < 1.29 is 14.3 Å². The summed E-state index contributed by atoms with van der Waals surface area (Å²) in [6, 6.07) is 16.5. The zero-order valence-corrected chi connectivity index (χ0v) is 10.2. The highest BCUT2D eigenvalue weighted by atomic mass is 16.5. The molecule has 2 aromatic rings. The lowest BCUT2D eigenvalue weighted by atomic mass is 10.1. The summed E-state index contributed by atoms with van der Waals surface area (Å²) in [6.45, 7) is 0.478. The number of ketones is 1.